The minimum atomic E-state index is -4.22. The number of rotatable bonds is 8. The Kier molecular flexibility index (Phi) is 7.01. The molecule has 0 radical (unpaired) electrons. The first-order valence-electron chi connectivity index (χ1n) is 11.4. The number of nitrogens with two attached hydrogens (primary N) is 1. The van der Waals surface area contributed by atoms with E-state index >= 15 is 0 Å². The molecule has 0 bridgehead atoms. The number of aliphatic hydroxyl groups excluding tert-OH is 1. The van der Waals surface area contributed by atoms with Crippen molar-refractivity contribution in [2.24, 2.45) is 5.14 Å². The number of primary sulfonamides is 1. The summed E-state index contributed by atoms with van der Waals surface area (Å²) in [7, 11) is -2.68. The summed E-state index contributed by atoms with van der Waals surface area (Å²) in [5.74, 6) is 1.52. The Morgan fingerprint density at radius 2 is 1.94 bits per heavy atom. The van der Waals surface area contributed by atoms with E-state index in [0.717, 1.165) is 5.56 Å². The Morgan fingerprint density at radius 1 is 1.25 bits per heavy atom. The lowest BCUT2D eigenvalue weighted by Crippen LogP contribution is -2.52. The molecule has 13 heteroatoms. The maximum atomic E-state index is 12.9. The molecular weight excluding hydrogens is 488 g/mol. The number of hydrogen-bond donors (Lipinski definition) is 2. The number of sulfonamides is 1. The molecule has 0 spiro atoms. The Bertz CT molecular complexity index is 1340. The van der Waals surface area contributed by atoms with E-state index in [0.29, 0.717) is 22.9 Å². The summed E-state index contributed by atoms with van der Waals surface area (Å²) < 4.78 is 45.1. The van der Waals surface area contributed by atoms with Crippen LogP contribution >= 0.6 is 0 Å². The lowest BCUT2D eigenvalue weighted by molar-refractivity contribution is -0.0714. The van der Waals surface area contributed by atoms with Crippen LogP contribution in [0.4, 0.5) is 0 Å². The average Bonchev–Trinajstić information content (AvgIpc) is 3.21. The van der Waals surface area contributed by atoms with Crippen molar-refractivity contribution in [3.05, 3.63) is 47.8 Å². The van der Waals surface area contributed by atoms with E-state index in [1.54, 1.807) is 49.0 Å². The molecular formula is C23H30N6O6S. The molecule has 0 aliphatic carbocycles. The SMILES string of the molecule is COc1ccc2c(c1)-c1nnc(C(OC(C)C)(c3ncc(C)cn3)C(C)S(N)(=O)=O)n1[C@@H](CO)CO2. The van der Waals surface area contributed by atoms with Crippen LogP contribution in [0.2, 0.25) is 0 Å². The van der Waals surface area contributed by atoms with Crippen LogP contribution in [0.3, 0.4) is 0 Å². The van der Waals surface area contributed by atoms with E-state index in [9.17, 15) is 13.5 Å². The minimum absolute atomic E-state index is 0.0474. The van der Waals surface area contributed by atoms with Crippen LogP contribution in [0.5, 0.6) is 11.5 Å². The van der Waals surface area contributed by atoms with Gasteiger partial charge in [0.15, 0.2) is 17.5 Å². The fourth-order valence-electron chi connectivity index (χ4n) is 4.26. The first-order valence-corrected chi connectivity index (χ1v) is 13.0. The third-order valence-corrected chi connectivity index (χ3v) is 7.38. The summed E-state index contributed by atoms with van der Waals surface area (Å²) in [4.78, 5) is 8.88. The van der Waals surface area contributed by atoms with Crippen LogP contribution in [-0.2, 0) is 20.4 Å². The lowest BCUT2D eigenvalue weighted by Gasteiger charge is -2.37. The number of hydrogen-bond acceptors (Lipinski definition) is 10. The van der Waals surface area contributed by atoms with Gasteiger partial charge in [0.05, 0.1) is 31.4 Å². The Labute approximate surface area is 209 Å². The Hall–Kier alpha value is -3.13. The van der Waals surface area contributed by atoms with Gasteiger partial charge >= 0.3 is 0 Å². The van der Waals surface area contributed by atoms with Crippen molar-refractivity contribution < 1.29 is 27.7 Å². The fourth-order valence-corrected chi connectivity index (χ4v) is 4.99. The first-order chi connectivity index (χ1) is 17.0. The number of ether oxygens (including phenoxy) is 3. The maximum Gasteiger partial charge on any atom is 0.215 e. The normalized spacial score (nSPS) is 17.9. The molecule has 4 rings (SSSR count). The van der Waals surface area contributed by atoms with Crippen molar-refractivity contribution in [1.29, 1.82) is 0 Å². The zero-order valence-electron chi connectivity index (χ0n) is 20.7. The second-order valence-corrected chi connectivity index (χ2v) is 10.8. The highest BCUT2D eigenvalue weighted by molar-refractivity contribution is 7.89. The molecule has 3 N–H and O–H groups in total. The number of benzene rings is 1. The summed E-state index contributed by atoms with van der Waals surface area (Å²) in [5.41, 5.74) is -0.545. The quantitative estimate of drug-likeness (QED) is 0.444. The largest absolute Gasteiger partial charge is 0.497 e. The molecule has 0 saturated carbocycles. The average molecular weight is 519 g/mol. The van der Waals surface area contributed by atoms with Crippen LogP contribution in [0.15, 0.2) is 30.6 Å². The zero-order chi connectivity index (χ0) is 26.3. The van der Waals surface area contributed by atoms with Gasteiger partial charge in [-0.05, 0) is 51.5 Å². The molecule has 3 heterocycles. The van der Waals surface area contributed by atoms with Gasteiger partial charge in [-0.3, -0.25) is 4.57 Å². The molecule has 0 saturated heterocycles. The summed E-state index contributed by atoms with van der Waals surface area (Å²) in [6.07, 6.45) is 2.63. The molecule has 194 valence electrons. The highest BCUT2D eigenvalue weighted by atomic mass is 32.2. The number of nitrogens with zero attached hydrogens (tertiary/aromatic N) is 5. The van der Waals surface area contributed by atoms with E-state index in [1.165, 1.54) is 14.0 Å². The third kappa shape index (κ3) is 4.43. The van der Waals surface area contributed by atoms with Crippen molar-refractivity contribution in [3.63, 3.8) is 0 Å². The highest BCUT2D eigenvalue weighted by Crippen LogP contribution is 2.43. The monoisotopic (exact) mass is 518 g/mol. The molecule has 0 amide bonds. The summed E-state index contributed by atoms with van der Waals surface area (Å²) in [5, 5.41) is 23.5. The number of aryl methyl sites for hydroxylation is 1. The maximum absolute atomic E-state index is 12.9. The molecule has 0 fully saturated rings. The van der Waals surface area contributed by atoms with Gasteiger partial charge in [0.25, 0.3) is 0 Å². The summed E-state index contributed by atoms with van der Waals surface area (Å²) in [6.45, 7) is 6.45. The van der Waals surface area contributed by atoms with E-state index < -0.39 is 33.0 Å². The Balaban J connectivity index is 2.10. The standard InChI is InChI=1S/C23H30N6O6S/c1-13(2)35-23(15(4)36(24,31)32,21-25-9-14(3)10-26-21)22-28-27-20-18-8-17(33-5)6-7-19(18)34-12-16(11-30)29(20)22/h6-10,13,15-16,30H,11-12H2,1-5H3,(H2,24,31,32)/t15?,16-,23?/m0/s1. The Morgan fingerprint density at radius 3 is 2.53 bits per heavy atom. The minimum Gasteiger partial charge on any atom is -0.497 e. The first kappa shape index (κ1) is 25.9. The van der Waals surface area contributed by atoms with Crippen LogP contribution in [0, 0.1) is 6.92 Å². The molecule has 3 aromatic rings. The van der Waals surface area contributed by atoms with Crippen molar-refractivity contribution in [3.8, 4) is 22.9 Å². The molecule has 1 aliphatic heterocycles. The number of aliphatic hydroxyl groups is 1. The lowest BCUT2D eigenvalue weighted by atomic mass is 9.95. The predicted octanol–water partition coefficient (Wildman–Crippen LogP) is 1.32. The van der Waals surface area contributed by atoms with Gasteiger partial charge in [-0.1, -0.05) is 0 Å². The van der Waals surface area contributed by atoms with Gasteiger partial charge in [0.2, 0.25) is 15.6 Å². The van der Waals surface area contributed by atoms with Crippen LogP contribution in [0.25, 0.3) is 11.4 Å². The smallest absolute Gasteiger partial charge is 0.215 e. The molecule has 2 aromatic heterocycles. The van der Waals surface area contributed by atoms with E-state index in [-0.39, 0.29) is 24.9 Å². The van der Waals surface area contributed by atoms with Crippen LogP contribution in [0.1, 0.15) is 44.0 Å². The number of methoxy groups -OCH3 is 1. The zero-order valence-corrected chi connectivity index (χ0v) is 21.6. The number of aromatic nitrogens is 5. The molecule has 3 atom stereocenters. The summed E-state index contributed by atoms with van der Waals surface area (Å²) >= 11 is 0. The van der Waals surface area contributed by atoms with E-state index in [2.05, 4.69) is 20.2 Å². The van der Waals surface area contributed by atoms with Gasteiger partial charge < -0.3 is 19.3 Å². The molecule has 1 aromatic carbocycles. The van der Waals surface area contributed by atoms with Gasteiger partial charge in [0, 0.05) is 12.4 Å². The summed E-state index contributed by atoms with van der Waals surface area (Å²) in [6, 6.07) is 4.53. The van der Waals surface area contributed by atoms with Crippen LogP contribution in [-0.4, -0.2) is 69.9 Å². The van der Waals surface area contributed by atoms with Crippen molar-refractivity contribution >= 4 is 10.0 Å². The molecule has 12 nitrogen and oxygen atoms in total. The van der Waals surface area contributed by atoms with Crippen molar-refractivity contribution in [1.82, 2.24) is 24.7 Å². The highest BCUT2D eigenvalue weighted by Gasteiger charge is 2.54. The van der Waals surface area contributed by atoms with Crippen molar-refractivity contribution in [2.75, 3.05) is 20.3 Å². The van der Waals surface area contributed by atoms with Gasteiger partial charge in [-0.15, -0.1) is 10.2 Å². The molecule has 2 unspecified atom stereocenters. The second kappa shape index (κ2) is 9.73. The predicted molar refractivity (Wildman–Crippen MR) is 130 cm³/mol. The second-order valence-electron chi connectivity index (χ2n) is 8.94. The molecule has 36 heavy (non-hydrogen) atoms. The van der Waals surface area contributed by atoms with Crippen molar-refractivity contribution in [2.45, 2.75) is 50.7 Å². The van der Waals surface area contributed by atoms with Gasteiger partial charge in [-0.2, -0.15) is 0 Å². The topological polar surface area (TPSA) is 165 Å². The fraction of sp³-hybridized carbons (Fsp3) is 0.478. The van der Waals surface area contributed by atoms with E-state index in [1.807, 2.05) is 6.92 Å². The van der Waals surface area contributed by atoms with Crippen LogP contribution < -0.4 is 14.6 Å². The van der Waals surface area contributed by atoms with Gasteiger partial charge in [0.1, 0.15) is 23.4 Å². The van der Waals surface area contributed by atoms with Gasteiger partial charge in [-0.25, -0.2) is 23.5 Å². The third-order valence-electron chi connectivity index (χ3n) is 6.06. The number of fused-ring (bicyclic) bond motifs is 3. The van der Waals surface area contributed by atoms with E-state index in [4.69, 9.17) is 19.3 Å². The molecule has 1 aliphatic rings.